The molecule has 0 aliphatic heterocycles. The first-order chi connectivity index (χ1) is 12.8. The highest BCUT2D eigenvalue weighted by Crippen LogP contribution is 2.24. The summed E-state index contributed by atoms with van der Waals surface area (Å²) in [5.41, 5.74) is 0.529. The lowest BCUT2D eigenvalue weighted by Gasteiger charge is -2.04. The van der Waals surface area contributed by atoms with Gasteiger partial charge >= 0.3 is 0 Å². The van der Waals surface area contributed by atoms with E-state index in [4.69, 9.17) is 9.15 Å². The van der Waals surface area contributed by atoms with E-state index >= 15 is 0 Å². The Morgan fingerprint density at radius 2 is 1.96 bits per heavy atom. The zero-order valence-corrected chi connectivity index (χ0v) is 13.4. The van der Waals surface area contributed by atoms with Crippen LogP contribution < -0.4 is 10.1 Å². The Hall–Kier alpha value is -3.94. The van der Waals surface area contributed by atoms with E-state index < -0.39 is 5.91 Å². The first-order valence-electron chi connectivity index (χ1n) is 7.73. The van der Waals surface area contributed by atoms with Gasteiger partial charge < -0.3 is 14.5 Å². The third-order valence-corrected chi connectivity index (χ3v) is 3.43. The summed E-state index contributed by atoms with van der Waals surface area (Å²) in [6.07, 6.45) is 4.49. The van der Waals surface area contributed by atoms with Crippen LogP contribution in [0.5, 0.6) is 11.7 Å². The Labute approximate surface area is 148 Å². The van der Waals surface area contributed by atoms with E-state index in [1.807, 2.05) is 18.2 Å². The Balaban J connectivity index is 1.42. The second kappa shape index (κ2) is 6.89. The summed E-state index contributed by atoms with van der Waals surface area (Å²) in [6.45, 7) is 0. The molecule has 8 heteroatoms. The first-order valence-corrected chi connectivity index (χ1v) is 7.73. The fourth-order valence-corrected chi connectivity index (χ4v) is 2.22. The quantitative estimate of drug-likeness (QED) is 0.595. The van der Waals surface area contributed by atoms with Gasteiger partial charge in [-0.2, -0.15) is 5.10 Å². The molecule has 0 spiro atoms. The van der Waals surface area contributed by atoms with Gasteiger partial charge in [0.05, 0.1) is 11.9 Å². The Morgan fingerprint density at radius 1 is 1.08 bits per heavy atom. The molecule has 4 rings (SSSR count). The number of benzene rings is 1. The van der Waals surface area contributed by atoms with Crippen molar-refractivity contribution in [2.45, 2.75) is 0 Å². The molecule has 1 amide bonds. The van der Waals surface area contributed by atoms with Gasteiger partial charge in [0, 0.05) is 6.07 Å². The number of nitrogens with one attached hydrogen (secondary N) is 1. The van der Waals surface area contributed by atoms with Gasteiger partial charge in [0.25, 0.3) is 11.9 Å². The molecule has 0 radical (unpaired) electrons. The van der Waals surface area contributed by atoms with Gasteiger partial charge in [-0.3, -0.25) is 4.79 Å². The van der Waals surface area contributed by atoms with Crippen molar-refractivity contribution in [1.29, 1.82) is 0 Å². The molecule has 0 atom stereocenters. The van der Waals surface area contributed by atoms with Gasteiger partial charge in [-0.05, 0) is 30.3 Å². The summed E-state index contributed by atoms with van der Waals surface area (Å²) in [6, 6.07) is 15.7. The van der Waals surface area contributed by atoms with Crippen LogP contribution in [0, 0.1) is 0 Å². The van der Waals surface area contributed by atoms with Gasteiger partial charge in [-0.1, -0.05) is 18.2 Å². The first kappa shape index (κ1) is 15.6. The fourth-order valence-electron chi connectivity index (χ4n) is 2.22. The van der Waals surface area contributed by atoms with Crippen molar-refractivity contribution in [1.82, 2.24) is 19.7 Å². The Bertz CT molecular complexity index is 995. The minimum atomic E-state index is -0.400. The maximum Gasteiger partial charge on any atom is 0.291 e. The summed E-state index contributed by atoms with van der Waals surface area (Å²) >= 11 is 0. The van der Waals surface area contributed by atoms with Gasteiger partial charge in [-0.15, -0.1) is 0 Å². The van der Waals surface area contributed by atoms with Crippen molar-refractivity contribution in [2.24, 2.45) is 0 Å². The number of pyridine rings is 1. The molecule has 0 saturated carbocycles. The number of ether oxygens (including phenoxy) is 1. The summed E-state index contributed by atoms with van der Waals surface area (Å²) in [7, 11) is 0. The van der Waals surface area contributed by atoms with Crippen LogP contribution in [0.3, 0.4) is 0 Å². The minimum Gasteiger partial charge on any atom is -0.426 e. The van der Waals surface area contributed by atoms with Crippen molar-refractivity contribution < 1.29 is 13.9 Å². The van der Waals surface area contributed by atoms with E-state index in [1.165, 1.54) is 23.5 Å². The zero-order valence-electron chi connectivity index (χ0n) is 13.4. The number of carbonyl (C=O) groups excluding carboxylic acids is 1. The van der Waals surface area contributed by atoms with Crippen LogP contribution in [-0.2, 0) is 0 Å². The van der Waals surface area contributed by atoms with Gasteiger partial charge in [0.15, 0.2) is 11.6 Å². The van der Waals surface area contributed by atoms with E-state index in [1.54, 1.807) is 36.4 Å². The molecule has 0 saturated heterocycles. The molecule has 0 unspecified atom stereocenters. The molecular formula is C18H13N5O3. The lowest BCUT2D eigenvalue weighted by atomic mass is 10.3. The highest BCUT2D eigenvalue weighted by atomic mass is 16.6. The molecule has 3 heterocycles. The van der Waals surface area contributed by atoms with Crippen molar-refractivity contribution in [2.75, 3.05) is 5.32 Å². The number of anilines is 1. The minimum absolute atomic E-state index is 0.135. The van der Waals surface area contributed by atoms with E-state index in [0.29, 0.717) is 17.3 Å². The molecule has 26 heavy (non-hydrogen) atoms. The average molecular weight is 347 g/mol. The van der Waals surface area contributed by atoms with Crippen LogP contribution in [0.4, 0.5) is 5.69 Å². The second-order valence-corrected chi connectivity index (χ2v) is 5.23. The van der Waals surface area contributed by atoms with Gasteiger partial charge in [0.2, 0.25) is 0 Å². The van der Waals surface area contributed by atoms with Crippen LogP contribution >= 0.6 is 0 Å². The van der Waals surface area contributed by atoms with Crippen LogP contribution in [0.1, 0.15) is 10.6 Å². The predicted octanol–water partition coefficient (Wildman–Crippen LogP) is 3.30. The van der Waals surface area contributed by atoms with E-state index in [-0.39, 0.29) is 11.7 Å². The van der Waals surface area contributed by atoms with E-state index in [9.17, 15) is 4.79 Å². The number of hydrogen-bond acceptors (Lipinski definition) is 6. The van der Waals surface area contributed by atoms with Crippen LogP contribution in [0.25, 0.3) is 5.82 Å². The summed E-state index contributed by atoms with van der Waals surface area (Å²) in [4.78, 5) is 20.4. The fraction of sp³-hybridized carbons (Fsp3) is 0. The molecule has 8 nitrogen and oxygen atoms in total. The number of furan rings is 1. The molecule has 1 aromatic carbocycles. The number of aromatic nitrogens is 4. The maximum absolute atomic E-state index is 12.3. The number of amides is 1. The lowest BCUT2D eigenvalue weighted by Crippen LogP contribution is -2.11. The zero-order chi connectivity index (χ0) is 17.8. The topological polar surface area (TPSA) is 95.1 Å². The SMILES string of the molecule is O=C(Nc1ccc(-n2cncn2)nc1)c1ccc(Oc2ccccc2)o1. The molecular weight excluding hydrogens is 334 g/mol. The van der Waals surface area contributed by atoms with Crippen LogP contribution in [0.15, 0.2) is 77.9 Å². The Kier molecular flexibility index (Phi) is 4.13. The summed E-state index contributed by atoms with van der Waals surface area (Å²) in [5.74, 6) is 1.19. The number of nitrogens with zero attached hydrogens (tertiary/aromatic N) is 4. The highest BCUT2D eigenvalue weighted by Gasteiger charge is 2.13. The third kappa shape index (κ3) is 3.44. The number of rotatable bonds is 5. The number of hydrogen-bond donors (Lipinski definition) is 1. The van der Waals surface area contributed by atoms with Gasteiger partial charge in [-0.25, -0.2) is 14.6 Å². The number of carbonyl (C=O) groups is 1. The second-order valence-electron chi connectivity index (χ2n) is 5.23. The molecule has 0 aliphatic carbocycles. The lowest BCUT2D eigenvalue weighted by molar-refractivity contribution is 0.0991. The van der Waals surface area contributed by atoms with Crippen molar-refractivity contribution in [3.05, 3.63) is 79.2 Å². The molecule has 0 aliphatic rings. The summed E-state index contributed by atoms with van der Waals surface area (Å²) < 4.78 is 12.5. The molecule has 128 valence electrons. The highest BCUT2D eigenvalue weighted by molar-refractivity contribution is 6.02. The van der Waals surface area contributed by atoms with Gasteiger partial charge in [0.1, 0.15) is 18.4 Å². The van der Waals surface area contributed by atoms with Crippen molar-refractivity contribution in [3.63, 3.8) is 0 Å². The Morgan fingerprint density at radius 3 is 2.69 bits per heavy atom. The van der Waals surface area contributed by atoms with Crippen molar-refractivity contribution in [3.8, 4) is 17.5 Å². The summed E-state index contributed by atoms with van der Waals surface area (Å²) in [5, 5.41) is 6.70. The molecule has 0 bridgehead atoms. The predicted molar refractivity (Wildman–Crippen MR) is 92.3 cm³/mol. The van der Waals surface area contributed by atoms with E-state index in [0.717, 1.165) is 0 Å². The monoisotopic (exact) mass is 347 g/mol. The number of para-hydroxylation sites is 1. The van der Waals surface area contributed by atoms with Crippen LogP contribution in [0.2, 0.25) is 0 Å². The smallest absolute Gasteiger partial charge is 0.291 e. The maximum atomic E-state index is 12.3. The normalized spacial score (nSPS) is 10.5. The molecule has 4 aromatic rings. The standard InChI is InChI=1S/C18H13N5O3/c24-18(15-7-9-17(26-15)25-14-4-2-1-3-5-14)22-13-6-8-16(20-10-13)23-12-19-11-21-23/h1-12H,(H,22,24). The average Bonchev–Trinajstić information content (AvgIpc) is 3.35. The third-order valence-electron chi connectivity index (χ3n) is 3.43. The van der Waals surface area contributed by atoms with Crippen LogP contribution in [-0.4, -0.2) is 25.7 Å². The van der Waals surface area contributed by atoms with E-state index in [2.05, 4.69) is 20.4 Å². The largest absolute Gasteiger partial charge is 0.426 e. The molecule has 1 N–H and O–H groups in total. The molecule has 3 aromatic heterocycles. The molecule has 0 fully saturated rings. The van der Waals surface area contributed by atoms with Crippen molar-refractivity contribution >= 4 is 11.6 Å².